The number of hydrogen-bond donors (Lipinski definition) is 1. The number of guanidine groups is 1. The van der Waals surface area contributed by atoms with Crippen LogP contribution < -0.4 is 5.32 Å². The molecule has 122 valence electrons. The zero-order valence-corrected chi connectivity index (χ0v) is 14.6. The highest BCUT2D eigenvalue weighted by atomic mass is 32.2. The Morgan fingerprint density at radius 1 is 1.43 bits per heavy atom. The van der Waals surface area contributed by atoms with Crippen molar-refractivity contribution in [2.24, 2.45) is 4.99 Å². The van der Waals surface area contributed by atoms with Crippen LogP contribution in [0.25, 0.3) is 0 Å². The lowest BCUT2D eigenvalue weighted by atomic mass is 10.2. The fraction of sp³-hybridized carbons (Fsp3) is 0.867. The smallest absolute Gasteiger partial charge is 0.305 e. The van der Waals surface area contributed by atoms with Gasteiger partial charge in [-0.3, -0.25) is 9.79 Å². The van der Waals surface area contributed by atoms with Crippen LogP contribution in [0.5, 0.6) is 0 Å². The summed E-state index contributed by atoms with van der Waals surface area (Å²) < 4.78 is 5.19. The van der Waals surface area contributed by atoms with Crippen molar-refractivity contribution >= 4 is 23.7 Å². The van der Waals surface area contributed by atoms with E-state index in [1.807, 2.05) is 18.7 Å². The summed E-state index contributed by atoms with van der Waals surface area (Å²) in [6.07, 6.45) is 1.18. The van der Waals surface area contributed by atoms with Gasteiger partial charge < -0.3 is 15.0 Å². The van der Waals surface area contributed by atoms with Crippen LogP contribution >= 0.6 is 11.8 Å². The van der Waals surface area contributed by atoms with E-state index >= 15 is 0 Å². The summed E-state index contributed by atoms with van der Waals surface area (Å²) in [5.74, 6) is 1.96. The molecule has 1 N–H and O–H groups in total. The number of carbonyl (C=O) groups excluding carboxylic acids is 1. The molecule has 6 heteroatoms. The molecule has 1 fully saturated rings. The minimum Gasteiger partial charge on any atom is -0.466 e. The van der Waals surface area contributed by atoms with Crippen molar-refractivity contribution in [3.8, 4) is 0 Å². The van der Waals surface area contributed by atoms with Crippen molar-refractivity contribution < 1.29 is 9.53 Å². The molecular formula is C15H29N3O2S. The average molecular weight is 315 g/mol. The first kappa shape index (κ1) is 18.1. The fourth-order valence-electron chi connectivity index (χ4n) is 2.26. The highest BCUT2D eigenvalue weighted by Crippen LogP contribution is 2.29. The van der Waals surface area contributed by atoms with Gasteiger partial charge in [-0.05, 0) is 34.1 Å². The lowest BCUT2D eigenvalue weighted by Crippen LogP contribution is -2.51. The van der Waals surface area contributed by atoms with E-state index in [4.69, 9.17) is 4.74 Å². The Labute approximate surface area is 132 Å². The molecule has 21 heavy (non-hydrogen) atoms. The monoisotopic (exact) mass is 315 g/mol. The normalized spacial score (nSPS) is 18.5. The summed E-state index contributed by atoms with van der Waals surface area (Å²) >= 11 is 2.01. The Bertz CT molecular complexity index is 359. The van der Waals surface area contributed by atoms with E-state index in [-0.39, 0.29) is 10.7 Å². The van der Waals surface area contributed by atoms with Crippen molar-refractivity contribution in [2.45, 2.75) is 45.3 Å². The molecule has 0 atom stereocenters. The standard InChI is InChI=1S/C15H29N3O2S/c1-5-16-14(17-9-7-8-13(19)20-6-2)18-10-11-21-15(3,4)12-18/h5-12H2,1-4H3,(H,16,17). The summed E-state index contributed by atoms with van der Waals surface area (Å²) in [6.45, 7) is 12.5. The molecule has 0 amide bonds. The first-order valence-electron chi connectivity index (χ1n) is 7.81. The summed E-state index contributed by atoms with van der Waals surface area (Å²) in [6, 6.07) is 0. The molecule has 0 aromatic heterocycles. The predicted molar refractivity (Wildman–Crippen MR) is 90.0 cm³/mol. The summed E-state index contributed by atoms with van der Waals surface area (Å²) in [5, 5.41) is 3.35. The molecule has 0 saturated carbocycles. The number of thioether (sulfide) groups is 1. The second-order valence-corrected chi connectivity index (χ2v) is 7.48. The Morgan fingerprint density at radius 2 is 2.19 bits per heavy atom. The Hall–Kier alpha value is -0.910. The van der Waals surface area contributed by atoms with Crippen LogP contribution in [0.15, 0.2) is 4.99 Å². The van der Waals surface area contributed by atoms with Crippen molar-refractivity contribution in [3.63, 3.8) is 0 Å². The number of rotatable bonds is 6. The van der Waals surface area contributed by atoms with E-state index in [0.29, 0.717) is 19.6 Å². The molecule has 1 saturated heterocycles. The van der Waals surface area contributed by atoms with Crippen LogP contribution in [0.1, 0.15) is 40.5 Å². The van der Waals surface area contributed by atoms with Gasteiger partial charge in [-0.15, -0.1) is 0 Å². The highest BCUT2D eigenvalue weighted by molar-refractivity contribution is 8.00. The number of carbonyl (C=O) groups is 1. The molecular weight excluding hydrogens is 286 g/mol. The van der Waals surface area contributed by atoms with Gasteiger partial charge in [0.2, 0.25) is 0 Å². The molecule has 1 rings (SSSR count). The zero-order chi connectivity index (χ0) is 15.7. The number of nitrogens with one attached hydrogen (secondary N) is 1. The second kappa shape index (κ2) is 9.18. The van der Waals surface area contributed by atoms with Crippen LogP contribution in [0.4, 0.5) is 0 Å². The minimum absolute atomic E-state index is 0.131. The number of nitrogens with zero attached hydrogens (tertiary/aromatic N) is 2. The highest BCUT2D eigenvalue weighted by Gasteiger charge is 2.28. The zero-order valence-electron chi connectivity index (χ0n) is 13.8. The minimum atomic E-state index is -0.131. The van der Waals surface area contributed by atoms with Gasteiger partial charge in [0.15, 0.2) is 5.96 Å². The molecule has 1 aliphatic rings. The van der Waals surface area contributed by atoms with E-state index in [1.54, 1.807) is 0 Å². The van der Waals surface area contributed by atoms with Gasteiger partial charge >= 0.3 is 5.97 Å². The largest absolute Gasteiger partial charge is 0.466 e. The third-order valence-corrected chi connectivity index (χ3v) is 4.46. The predicted octanol–water partition coefficient (Wildman–Crippen LogP) is 2.12. The number of ether oxygens (including phenoxy) is 1. The lowest BCUT2D eigenvalue weighted by Gasteiger charge is -2.39. The van der Waals surface area contributed by atoms with Crippen LogP contribution in [0, 0.1) is 0 Å². The first-order valence-corrected chi connectivity index (χ1v) is 8.80. The van der Waals surface area contributed by atoms with Crippen LogP contribution in [-0.4, -0.2) is 60.1 Å². The second-order valence-electron chi connectivity index (χ2n) is 5.67. The quantitative estimate of drug-likeness (QED) is 0.352. The van der Waals surface area contributed by atoms with E-state index in [2.05, 4.69) is 36.0 Å². The Balaban J connectivity index is 2.48. The van der Waals surface area contributed by atoms with E-state index in [1.165, 1.54) is 0 Å². The Kier molecular flexibility index (Phi) is 7.93. The van der Waals surface area contributed by atoms with Crippen molar-refractivity contribution in [3.05, 3.63) is 0 Å². The van der Waals surface area contributed by atoms with E-state index in [9.17, 15) is 4.79 Å². The van der Waals surface area contributed by atoms with Gasteiger partial charge in [0.05, 0.1) is 6.61 Å². The maximum atomic E-state index is 11.3. The Morgan fingerprint density at radius 3 is 2.81 bits per heavy atom. The topological polar surface area (TPSA) is 53.9 Å². The number of hydrogen-bond acceptors (Lipinski definition) is 4. The van der Waals surface area contributed by atoms with Crippen molar-refractivity contribution in [1.82, 2.24) is 10.2 Å². The molecule has 0 bridgehead atoms. The maximum absolute atomic E-state index is 11.3. The van der Waals surface area contributed by atoms with Gasteiger partial charge in [-0.1, -0.05) is 0 Å². The average Bonchev–Trinajstić information content (AvgIpc) is 2.41. The molecule has 1 heterocycles. The lowest BCUT2D eigenvalue weighted by molar-refractivity contribution is -0.143. The van der Waals surface area contributed by atoms with E-state index in [0.717, 1.165) is 37.8 Å². The molecule has 0 aromatic rings. The summed E-state index contributed by atoms with van der Waals surface area (Å²) in [4.78, 5) is 18.3. The van der Waals surface area contributed by atoms with Gasteiger partial charge in [0.1, 0.15) is 0 Å². The fourth-order valence-corrected chi connectivity index (χ4v) is 3.38. The molecule has 1 aliphatic heterocycles. The van der Waals surface area contributed by atoms with Crippen LogP contribution in [0.3, 0.4) is 0 Å². The van der Waals surface area contributed by atoms with Gasteiger partial charge in [0.25, 0.3) is 0 Å². The SMILES string of the molecule is CCNC(=NCCCC(=O)OCC)N1CCSC(C)(C)C1. The van der Waals surface area contributed by atoms with Gasteiger partial charge in [0, 0.05) is 43.1 Å². The van der Waals surface area contributed by atoms with Crippen LogP contribution in [0.2, 0.25) is 0 Å². The molecule has 0 aromatic carbocycles. The number of aliphatic imine (C=N–C) groups is 1. The molecule has 0 unspecified atom stereocenters. The first-order chi connectivity index (χ1) is 9.98. The van der Waals surface area contributed by atoms with E-state index < -0.39 is 0 Å². The molecule has 0 aliphatic carbocycles. The molecule has 5 nitrogen and oxygen atoms in total. The third kappa shape index (κ3) is 7.07. The van der Waals surface area contributed by atoms with Gasteiger partial charge in [-0.25, -0.2) is 0 Å². The maximum Gasteiger partial charge on any atom is 0.305 e. The van der Waals surface area contributed by atoms with Crippen molar-refractivity contribution in [1.29, 1.82) is 0 Å². The van der Waals surface area contributed by atoms with Crippen LogP contribution in [-0.2, 0) is 9.53 Å². The van der Waals surface area contributed by atoms with Gasteiger partial charge in [-0.2, -0.15) is 11.8 Å². The summed E-state index contributed by atoms with van der Waals surface area (Å²) in [5.41, 5.74) is 0. The van der Waals surface area contributed by atoms with Crippen molar-refractivity contribution in [2.75, 3.05) is 38.5 Å². The number of esters is 1. The molecule has 0 radical (unpaired) electrons. The summed E-state index contributed by atoms with van der Waals surface area (Å²) in [7, 11) is 0. The third-order valence-electron chi connectivity index (χ3n) is 3.17. The molecule has 0 spiro atoms.